The normalized spacial score (nSPS) is 22.4. The lowest BCUT2D eigenvalue weighted by Gasteiger charge is -2.26. The number of ether oxygens (including phenoxy) is 2. The van der Waals surface area contributed by atoms with Crippen molar-refractivity contribution in [1.29, 1.82) is 0 Å². The van der Waals surface area contributed by atoms with Gasteiger partial charge in [0.15, 0.2) is 0 Å². The fraction of sp³-hybridized carbons (Fsp3) is 0.650. The average molecular weight is 346 g/mol. The number of benzene rings is 1. The predicted molar refractivity (Wildman–Crippen MR) is 97.7 cm³/mol. The van der Waals surface area contributed by atoms with Crippen molar-refractivity contribution in [2.45, 2.75) is 44.8 Å². The molecule has 2 fully saturated rings. The SMILES string of the molecule is COc1ccc(CN2CCCN(C(=O)CC3CCCCO3)CC2)cc1. The molecule has 0 aliphatic carbocycles. The third-order valence-electron chi connectivity index (χ3n) is 5.18. The summed E-state index contributed by atoms with van der Waals surface area (Å²) in [4.78, 5) is 17.0. The molecule has 5 nitrogen and oxygen atoms in total. The molecule has 1 aromatic rings. The molecule has 138 valence electrons. The van der Waals surface area contributed by atoms with Crippen molar-refractivity contribution >= 4 is 5.91 Å². The van der Waals surface area contributed by atoms with Gasteiger partial charge < -0.3 is 14.4 Å². The summed E-state index contributed by atoms with van der Waals surface area (Å²) in [6.45, 7) is 5.40. The standard InChI is InChI=1S/C20H30N2O3/c1-24-18-8-6-17(7-9-18)16-21-10-4-11-22(13-12-21)20(23)15-19-5-2-3-14-25-19/h6-9,19H,2-5,10-16H2,1H3. The Hall–Kier alpha value is -1.59. The predicted octanol–water partition coefficient (Wildman–Crippen LogP) is 2.69. The van der Waals surface area contributed by atoms with Crippen LogP contribution >= 0.6 is 0 Å². The monoisotopic (exact) mass is 346 g/mol. The van der Waals surface area contributed by atoms with Crippen molar-refractivity contribution in [3.05, 3.63) is 29.8 Å². The van der Waals surface area contributed by atoms with E-state index in [2.05, 4.69) is 17.0 Å². The van der Waals surface area contributed by atoms with Crippen molar-refractivity contribution in [3.63, 3.8) is 0 Å². The lowest BCUT2D eigenvalue weighted by Crippen LogP contribution is -2.37. The van der Waals surface area contributed by atoms with Crippen LogP contribution in [0.3, 0.4) is 0 Å². The Labute approximate surface area is 150 Å². The molecule has 3 rings (SSSR count). The maximum absolute atomic E-state index is 12.6. The second-order valence-corrected chi connectivity index (χ2v) is 7.05. The molecule has 0 N–H and O–H groups in total. The lowest BCUT2D eigenvalue weighted by atomic mass is 10.1. The second-order valence-electron chi connectivity index (χ2n) is 7.05. The van der Waals surface area contributed by atoms with Gasteiger partial charge in [0.1, 0.15) is 5.75 Å². The highest BCUT2D eigenvalue weighted by Gasteiger charge is 2.23. The molecule has 1 aromatic carbocycles. The molecule has 1 unspecified atom stereocenters. The number of amides is 1. The van der Waals surface area contributed by atoms with Gasteiger partial charge in [0.2, 0.25) is 5.91 Å². The van der Waals surface area contributed by atoms with Crippen molar-refractivity contribution < 1.29 is 14.3 Å². The van der Waals surface area contributed by atoms with Crippen LogP contribution in [-0.4, -0.2) is 61.7 Å². The summed E-state index contributed by atoms with van der Waals surface area (Å²) >= 11 is 0. The number of carbonyl (C=O) groups is 1. The molecule has 1 atom stereocenters. The number of hydrogen-bond donors (Lipinski definition) is 0. The third kappa shape index (κ3) is 5.44. The van der Waals surface area contributed by atoms with Gasteiger partial charge in [-0.3, -0.25) is 9.69 Å². The van der Waals surface area contributed by atoms with Gasteiger partial charge in [-0.15, -0.1) is 0 Å². The van der Waals surface area contributed by atoms with E-state index < -0.39 is 0 Å². The fourth-order valence-electron chi connectivity index (χ4n) is 3.66. The molecule has 0 bridgehead atoms. The first-order valence-electron chi connectivity index (χ1n) is 9.49. The number of nitrogens with zero attached hydrogens (tertiary/aromatic N) is 2. The Balaban J connectivity index is 1.46. The van der Waals surface area contributed by atoms with Crippen molar-refractivity contribution in [1.82, 2.24) is 9.80 Å². The van der Waals surface area contributed by atoms with Crippen LogP contribution in [0, 0.1) is 0 Å². The van der Waals surface area contributed by atoms with Crippen molar-refractivity contribution in [2.24, 2.45) is 0 Å². The van der Waals surface area contributed by atoms with Crippen LogP contribution in [0.2, 0.25) is 0 Å². The van der Waals surface area contributed by atoms with Crippen LogP contribution in [-0.2, 0) is 16.1 Å². The Morgan fingerprint density at radius 3 is 2.68 bits per heavy atom. The average Bonchev–Trinajstić information content (AvgIpc) is 2.89. The Bertz CT molecular complexity index is 540. The molecule has 0 saturated carbocycles. The summed E-state index contributed by atoms with van der Waals surface area (Å²) in [5.41, 5.74) is 1.29. The first-order valence-corrected chi connectivity index (χ1v) is 9.49. The highest BCUT2D eigenvalue weighted by molar-refractivity contribution is 5.76. The summed E-state index contributed by atoms with van der Waals surface area (Å²) in [6, 6.07) is 8.25. The largest absolute Gasteiger partial charge is 0.497 e. The van der Waals surface area contributed by atoms with Crippen LogP contribution in [0.5, 0.6) is 5.75 Å². The van der Waals surface area contributed by atoms with Gasteiger partial charge >= 0.3 is 0 Å². The molecule has 0 radical (unpaired) electrons. The minimum absolute atomic E-state index is 0.139. The molecule has 5 heteroatoms. The van der Waals surface area contributed by atoms with Gasteiger partial charge in [0.25, 0.3) is 0 Å². The van der Waals surface area contributed by atoms with Crippen LogP contribution in [0.25, 0.3) is 0 Å². The Morgan fingerprint density at radius 1 is 1.12 bits per heavy atom. The van der Waals surface area contributed by atoms with E-state index in [4.69, 9.17) is 9.47 Å². The number of rotatable bonds is 5. The maximum Gasteiger partial charge on any atom is 0.225 e. The zero-order valence-corrected chi connectivity index (χ0v) is 15.3. The minimum atomic E-state index is 0.139. The van der Waals surface area contributed by atoms with E-state index in [0.717, 1.165) is 64.3 Å². The zero-order chi connectivity index (χ0) is 17.5. The van der Waals surface area contributed by atoms with E-state index in [1.54, 1.807) is 7.11 Å². The Kier molecular flexibility index (Phi) is 6.70. The fourth-order valence-corrected chi connectivity index (χ4v) is 3.66. The van der Waals surface area contributed by atoms with Gasteiger partial charge in [0.05, 0.1) is 19.6 Å². The van der Waals surface area contributed by atoms with E-state index in [1.807, 2.05) is 17.0 Å². The summed E-state index contributed by atoms with van der Waals surface area (Å²) in [6.07, 6.45) is 5.08. The molecule has 2 saturated heterocycles. The van der Waals surface area contributed by atoms with Crippen LogP contribution in [0.15, 0.2) is 24.3 Å². The highest BCUT2D eigenvalue weighted by Crippen LogP contribution is 2.18. The van der Waals surface area contributed by atoms with E-state index in [0.29, 0.717) is 6.42 Å². The first kappa shape index (κ1) is 18.2. The molecule has 25 heavy (non-hydrogen) atoms. The topological polar surface area (TPSA) is 42.0 Å². The van der Waals surface area contributed by atoms with Gasteiger partial charge in [-0.2, -0.15) is 0 Å². The molecular formula is C20H30N2O3. The number of carbonyl (C=O) groups excluding carboxylic acids is 1. The van der Waals surface area contributed by atoms with Gasteiger partial charge in [-0.25, -0.2) is 0 Å². The maximum atomic E-state index is 12.6. The zero-order valence-electron chi connectivity index (χ0n) is 15.3. The summed E-state index contributed by atoms with van der Waals surface area (Å²) in [7, 11) is 1.69. The van der Waals surface area contributed by atoms with Gasteiger partial charge in [-0.1, -0.05) is 12.1 Å². The van der Waals surface area contributed by atoms with Crippen molar-refractivity contribution in [3.8, 4) is 5.75 Å². The van der Waals surface area contributed by atoms with E-state index >= 15 is 0 Å². The first-order chi connectivity index (χ1) is 12.2. The van der Waals surface area contributed by atoms with Gasteiger partial charge in [0, 0.05) is 39.3 Å². The van der Waals surface area contributed by atoms with E-state index in [1.165, 1.54) is 12.0 Å². The molecular weight excluding hydrogens is 316 g/mol. The highest BCUT2D eigenvalue weighted by atomic mass is 16.5. The molecule has 0 spiro atoms. The summed E-state index contributed by atoms with van der Waals surface area (Å²) in [5.74, 6) is 1.15. The lowest BCUT2D eigenvalue weighted by molar-refractivity contribution is -0.135. The quantitative estimate of drug-likeness (QED) is 0.822. The Morgan fingerprint density at radius 2 is 1.96 bits per heavy atom. The van der Waals surface area contributed by atoms with Gasteiger partial charge in [-0.05, 0) is 43.4 Å². The van der Waals surface area contributed by atoms with E-state index in [-0.39, 0.29) is 12.0 Å². The van der Waals surface area contributed by atoms with Crippen LogP contribution in [0.1, 0.15) is 37.7 Å². The number of hydrogen-bond acceptors (Lipinski definition) is 4. The molecule has 2 aliphatic rings. The van der Waals surface area contributed by atoms with Crippen molar-refractivity contribution in [2.75, 3.05) is 39.9 Å². The second kappa shape index (κ2) is 9.20. The summed E-state index contributed by atoms with van der Waals surface area (Å²) in [5, 5.41) is 0. The minimum Gasteiger partial charge on any atom is -0.497 e. The molecule has 2 heterocycles. The summed E-state index contributed by atoms with van der Waals surface area (Å²) < 4.78 is 10.9. The molecule has 2 aliphatic heterocycles. The smallest absolute Gasteiger partial charge is 0.225 e. The van der Waals surface area contributed by atoms with Crippen LogP contribution in [0.4, 0.5) is 0 Å². The molecule has 1 amide bonds. The third-order valence-corrected chi connectivity index (χ3v) is 5.18. The van der Waals surface area contributed by atoms with Crippen LogP contribution < -0.4 is 4.74 Å². The van der Waals surface area contributed by atoms with E-state index in [9.17, 15) is 4.79 Å². The molecule has 0 aromatic heterocycles. The number of methoxy groups -OCH3 is 1.